The Morgan fingerprint density at radius 3 is 2.21 bits per heavy atom. The molecule has 1 atom stereocenters. The summed E-state index contributed by atoms with van der Waals surface area (Å²) < 4.78 is 51.9. The van der Waals surface area contributed by atoms with Crippen molar-refractivity contribution in [1.82, 2.24) is 0 Å². The number of amides is 1. The molecule has 2 aromatic carbocycles. The van der Waals surface area contributed by atoms with Crippen molar-refractivity contribution in [3.63, 3.8) is 0 Å². The van der Waals surface area contributed by atoms with E-state index in [1.165, 1.54) is 12.1 Å². The van der Waals surface area contributed by atoms with Crippen molar-refractivity contribution in [3.05, 3.63) is 71.0 Å². The van der Waals surface area contributed by atoms with Gasteiger partial charge in [0.2, 0.25) is 0 Å². The van der Waals surface area contributed by atoms with Crippen LogP contribution in [0.1, 0.15) is 23.1 Å². The molecule has 0 aliphatic heterocycles. The van der Waals surface area contributed by atoms with Gasteiger partial charge in [-0.2, -0.15) is 13.2 Å². The number of carbonyl (C=O) groups is 1. The first kappa shape index (κ1) is 17.9. The fourth-order valence-electron chi connectivity index (χ4n) is 2.38. The fraction of sp³-hybridized carbons (Fsp3) is 0.235. The summed E-state index contributed by atoms with van der Waals surface area (Å²) in [6, 6.07) is 9.77. The van der Waals surface area contributed by atoms with Crippen LogP contribution in [0.5, 0.6) is 0 Å². The van der Waals surface area contributed by atoms with Gasteiger partial charge in [-0.1, -0.05) is 30.3 Å². The number of hydrogen-bond donors (Lipinski definition) is 2. The number of hydrogen-bond acceptors (Lipinski definition) is 2. The van der Waals surface area contributed by atoms with E-state index >= 15 is 0 Å². The van der Waals surface area contributed by atoms with E-state index in [0.717, 1.165) is 0 Å². The average molecular weight is 341 g/mol. The zero-order chi connectivity index (χ0) is 18.0. The predicted octanol–water partition coefficient (Wildman–Crippen LogP) is 3.15. The molecule has 0 heterocycles. The second-order valence-electron chi connectivity index (χ2n) is 5.39. The monoisotopic (exact) mass is 341 g/mol. The highest BCUT2D eigenvalue weighted by atomic mass is 19.4. The first-order chi connectivity index (χ1) is 11.1. The van der Waals surface area contributed by atoms with Crippen LogP contribution < -0.4 is 5.73 Å². The Morgan fingerprint density at radius 1 is 1.04 bits per heavy atom. The molecule has 0 spiro atoms. The van der Waals surface area contributed by atoms with Crippen molar-refractivity contribution in [2.75, 3.05) is 0 Å². The van der Waals surface area contributed by atoms with Crippen molar-refractivity contribution in [3.8, 4) is 0 Å². The van der Waals surface area contributed by atoms with E-state index in [0.29, 0.717) is 18.2 Å². The maximum absolute atomic E-state index is 13.8. The highest BCUT2D eigenvalue weighted by molar-refractivity contribution is 5.84. The number of rotatable bonds is 5. The second kappa shape index (κ2) is 6.60. The fourth-order valence-corrected chi connectivity index (χ4v) is 2.38. The van der Waals surface area contributed by atoms with Gasteiger partial charge in [0.1, 0.15) is 5.82 Å². The van der Waals surface area contributed by atoms with Crippen molar-refractivity contribution < 1.29 is 27.5 Å². The third kappa shape index (κ3) is 3.73. The van der Waals surface area contributed by atoms with Gasteiger partial charge in [0.05, 0.1) is 5.56 Å². The van der Waals surface area contributed by atoms with Crippen LogP contribution in [-0.4, -0.2) is 11.0 Å². The Balaban J connectivity index is 2.29. The molecule has 1 amide bonds. The molecule has 0 fully saturated rings. The van der Waals surface area contributed by atoms with Gasteiger partial charge in [-0.05, 0) is 42.2 Å². The van der Waals surface area contributed by atoms with Crippen LogP contribution >= 0.6 is 0 Å². The summed E-state index contributed by atoms with van der Waals surface area (Å²) in [6.45, 7) is 0. The molecule has 24 heavy (non-hydrogen) atoms. The van der Waals surface area contributed by atoms with E-state index in [1.807, 2.05) is 0 Å². The summed E-state index contributed by atoms with van der Waals surface area (Å²) in [5, 5.41) is 10.5. The maximum atomic E-state index is 13.8. The number of alkyl halides is 3. The molecule has 0 aliphatic rings. The van der Waals surface area contributed by atoms with Gasteiger partial charge in [-0.3, -0.25) is 4.79 Å². The quantitative estimate of drug-likeness (QED) is 0.821. The van der Waals surface area contributed by atoms with Crippen molar-refractivity contribution >= 4 is 5.91 Å². The Hall–Kier alpha value is -2.41. The first-order valence-corrected chi connectivity index (χ1v) is 7.08. The maximum Gasteiger partial charge on any atom is 0.416 e. The van der Waals surface area contributed by atoms with Gasteiger partial charge in [-0.25, -0.2) is 4.39 Å². The molecule has 0 saturated carbocycles. The summed E-state index contributed by atoms with van der Waals surface area (Å²) >= 11 is 0. The number of primary amides is 1. The number of benzene rings is 2. The van der Waals surface area contributed by atoms with E-state index in [1.54, 1.807) is 18.2 Å². The molecular formula is C17H15F4NO2. The van der Waals surface area contributed by atoms with Gasteiger partial charge in [0, 0.05) is 0 Å². The summed E-state index contributed by atoms with van der Waals surface area (Å²) in [5.74, 6) is -1.90. The standard InChI is InChI=1S/C17H15F4NO2/c18-14-7-6-13(17(19,20)21)10-11(14)8-9-16(24,15(22)23)12-4-2-1-3-5-12/h1-7,10,24H,8-9H2,(H2,22,23). The van der Waals surface area contributed by atoms with Crippen LogP contribution in [0.4, 0.5) is 17.6 Å². The Kier molecular flexibility index (Phi) is 4.94. The number of nitrogens with two attached hydrogens (primary N) is 1. The van der Waals surface area contributed by atoms with Gasteiger partial charge >= 0.3 is 6.18 Å². The number of halogens is 4. The Morgan fingerprint density at radius 2 is 1.67 bits per heavy atom. The molecule has 3 nitrogen and oxygen atoms in total. The minimum Gasteiger partial charge on any atom is -0.375 e. The van der Waals surface area contributed by atoms with E-state index in [2.05, 4.69) is 0 Å². The summed E-state index contributed by atoms with van der Waals surface area (Å²) in [5.41, 5.74) is 2.10. The molecule has 0 radical (unpaired) electrons. The lowest BCUT2D eigenvalue weighted by Crippen LogP contribution is -2.41. The van der Waals surface area contributed by atoms with Crippen LogP contribution in [0.3, 0.4) is 0 Å². The minimum absolute atomic E-state index is 0.199. The number of carbonyl (C=O) groups excluding carboxylic acids is 1. The predicted molar refractivity (Wildman–Crippen MR) is 79.3 cm³/mol. The van der Waals surface area contributed by atoms with Crippen LogP contribution in [0.15, 0.2) is 48.5 Å². The van der Waals surface area contributed by atoms with Crippen LogP contribution in [0.2, 0.25) is 0 Å². The largest absolute Gasteiger partial charge is 0.416 e. The average Bonchev–Trinajstić information content (AvgIpc) is 2.53. The number of aliphatic hydroxyl groups is 1. The van der Waals surface area contributed by atoms with E-state index < -0.39 is 29.1 Å². The molecule has 2 rings (SSSR count). The first-order valence-electron chi connectivity index (χ1n) is 7.08. The molecule has 0 aliphatic carbocycles. The molecule has 7 heteroatoms. The molecule has 2 aromatic rings. The normalized spacial score (nSPS) is 14.2. The van der Waals surface area contributed by atoms with Gasteiger partial charge < -0.3 is 10.8 Å². The van der Waals surface area contributed by atoms with Crippen molar-refractivity contribution in [1.29, 1.82) is 0 Å². The molecule has 0 aromatic heterocycles. The third-order valence-corrected chi connectivity index (χ3v) is 3.79. The van der Waals surface area contributed by atoms with Gasteiger partial charge in [-0.15, -0.1) is 0 Å². The topological polar surface area (TPSA) is 63.3 Å². The van der Waals surface area contributed by atoms with E-state index in [4.69, 9.17) is 5.73 Å². The van der Waals surface area contributed by atoms with E-state index in [-0.39, 0.29) is 24.0 Å². The highest BCUT2D eigenvalue weighted by Crippen LogP contribution is 2.32. The molecular weight excluding hydrogens is 326 g/mol. The lowest BCUT2D eigenvalue weighted by atomic mass is 9.86. The highest BCUT2D eigenvalue weighted by Gasteiger charge is 2.36. The Bertz CT molecular complexity index is 731. The number of aryl methyl sites for hydroxylation is 1. The minimum atomic E-state index is -4.61. The van der Waals surface area contributed by atoms with Crippen molar-refractivity contribution in [2.24, 2.45) is 5.73 Å². The Labute approximate surface area is 135 Å². The van der Waals surface area contributed by atoms with Crippen LogP contribution in [0, 0.1) is 5.82 Å². The second-order valence-corrected chi connectivity index (χ2v) is 5.39. The van der Waals surface area contributed by atoms with Crippen LogP contribution in [-0.2, 0) is 23.0 Å². The zero-order valence-corrected chi connectivity index (χ0v) is 12.5. The molecule has 0 saturated heterocycles. The molecule has 0 bridgehead atoms. The molecule has 1 unspecified atom stereocenters. The lowest BCUT2D eigenvalue weighted by molar-refractivity contribution is -0.139. The van der Waals surface area contributed by atoms with Crippen molar-refractivity contribution in [2.45, 2.75) is 24.6 Å². The summed E-state index contributed by atoms with van der Waals surface area (Å²) in [7, 11) is 0. The molecule has 3 N–H and O–H groups in total. The molecule has 128 valence electrons. The van der Waals surface area contributed by atoms with Gasteiger partial charge in [0.15, 0.2) is 5.60 Å². The summed E-state index contributed by atoms with van der Waals surface area (Å²) in [4.78, 5) is 11.7. The van der Waals surface area contributed by atoms with Gasteiger partial charge in [0.25, 0.3) is 5.91 Å². The lowest BCUT2D eigenvalue weighted by Gasteiger charge is -2.25. The smallest absolute Gasteiger partial charge is 0.375 e. The van der Waals surface area contributed by atoms with Crippen LogP contribution in [0.25, 0.3) is 0 Å². The zero-order valence-electron chi connectivity index (χ0n) is 12.5. The summed E-state index contributed by atoms with van der Waals surface area (Å²) in [6.07, 6.45) is -5.24. The SMILES string of the molecule is NC(=O)C(O)(CCc1cc(C(F)(F)F)ccc1F)c1ccccc1. The van der Waals surface area contributed by atoms with E-state index in [9.17, 15) is 27.5 Å². The third-order valence-electron chi connectivity index (χ3n) is 3.79.